The zero-order valence-electron chi connectivity index (χ0n) is 21.8. The van der Waals surface area contributed by atoms with Crippen molar-refractivity contribution in [1.29, 1.82) is 0 Å². The molecule has 0 amide bonds. The molecule has 1 N–H and O–H groups in total. The molecule has 10 heteroatoms. The highest BCUT2D eigenvalue weighted by molar-refractivity contribution is 6.33. The van der Waals surface area contributed by atoms with Crippen LogP contribution in [0.5, 0.6) is 11.8 Å². The summed E-state index contributed by atoms with van der Waals surface area (Å²) >= 11 is 6.36. The first-order chi connectivity index (χ1) is 17.9. The number of nitrogens with zero attached hydrogens (tertiary/aromatic N) is 4. The van der Waals surface area contributed by atoms with Gasteiger partial charge in [-0.15, -0.1) is 0 Å². The molecular formula is C27H37ClN4O5. The maximum absolute atomic E-state index is 11.6. The lowest BCUT2D eigenvalue weighted by molar-refractivity contribution is -0.137. The van der Waals surface area contributed by atoms with Gasteiger partial charge in [0.2, 0.25) is 11.8 Å². The van der Waals surface area contributed by atoms with E-state index in [1.165, 1.54) is 0 Å². The number of rotatable bonds is 11. The van der Waals surface area contributed by atoms with Crippen molar-refractivity contribution in [3.05, 3.63) is 35.6 Å². The average molecular weight is 533 g/mol. The number of methoxy groups -OCH3 is 1. The smallest absolute Gasteiger partial charge is 0.305 e. The summed E-state index contributed by atoms with van der Waals surface area (Å²) in [5, 5.41) is 10.1. The normalized spacial score (nSPS) is 22.3. The van der Waals surface area contributed by atoms with Gasteiger partial charge in [0.15, 0.2) is 0 Å². The van der Waals surface area contributed by atoms with Gasteiger partial charge in [-0.1, -0.05) is 31.9 Å². The second-order valence-electron chi connectivity index (χ2n) is 9.78. The van der Waals surface area contributed by atoms with Crippen LogP contribution < -0.4 is 19.3 Å². The summed E-state index contributed by atoms with van der Waals surface area (Å²) in [4.78, 5) is 24.6. The summed E-state index contributed by atoms with van der Waals surface area (Å²) in [6.07, 6.45) is 7.28. The third-order valence-electron chi connectivity index (χ3n) is 7.33. The Kier molecular flexibility index (Phi) is 9.32. The Hall–Kier alpha value is -2.78. The number of pyridine rings is 2. The molecule has 9 nitrogen and oxygen atoms in total. The van der Waals surface area contributed by atoms with Crippen LogP contribution >= 0.6 is 11.6 Å². The summed E-state index contributed by atoms with van der Waals surface area (Å²) in [6.45, 7) is 7.18. The number of anilines is 2. The van der Waals surface area contributed by atoms with Crippen LogP contribution in [0, 0.1) is 5.92 Å². The maximum atomic E-state index is 11.6. The number of unbranched alkanes of at least 4 members (excludes halogenated alkanes) is 1. The standard InChI is InChI=1S/C27H37ClN4O5/c1-4-5-12-36-24-17-32(22(18(24)2)14-27(33)34)19-6-7-25(29-15-19)37-20-8-10-31(11-9-20)23-13-26(35-3)30-16-21(23)28/h6-7,13,15-16,18,20,22,24H,4-5,8-12,14,17H2,1-3H3,(H,33,34)/t18-,22-,24-/m0/s1. The molecule has 2 aromatic rings. The van der Waals surface area contributed by atoms with Crippen LogP contribution in [-0.2, 0) is 9.53 Å². The van der Waals surface area contributed by atoms with Gasteiger partial charge in [-0.05, 0) is 12.5 Å². The summed E-state index contributed by atoms with van der Waals surface area (Å²) in [5.41, 5.74) is 1.81. The number of carboxylic acids is 1. The summed E-state index contributed by atoms with van der Waals surface area (Å²) in [7, 11) is 1.59. The molecular weight excluding hydrogens is 496 g/mol. The molecule has 202 valence electrons. The SMILES string of the molecule is CCCCO[C@H]1CN(c2ccc(OC3CCN(c4cc(OC)ncc4Cl)CC3)nc2)[C@@H](CC(=O)O)[C@@H]1C. The summed E-state index contributed by atoms with van der Waals surface area (Å²) < 4.78 is 17.5. The minimum atomic E-state index is -0.804. The Morgan fingerprint density at radius 3 is 2.59 bits per heavy atom. The van der Waals surface area contributed by atoms with Gasteiger partial charge >= 0.3 is 5.97 Å². The minimum absolute atomic E-state index is 0.00544. The van der Waals surface area contributed by atoms with Crippen molar-refractivity contribution in [2.24, 2.45) is 5.92 Å². The number of halogens is 1. The molecule has 37 heavy (non-hydrogen) atoms. The van der Waals surface area contributed by atoms with Gasteiger partial charge in [0.25, 0.3) is 0 Å². The van der Waals surface area contributed by atoms with E-state index in [2.05, 4.69) is 33.6 Å². The van der Waals surface area contributed by atoms with Gasteiger partial charge in [0.1, 0.15) is 6.10 Å². The molecule has 4 rings (SSSR count). The molecule has 0 spiro atoms. The van der Waals surface area contributed by atoms with E-state index in [0.29, 0.717) is 29.9 Å². The molecule has 0 aliphatic carbocycles. The van der Waals surface area contributed by atoms with E-state index < -0.39 is 5.97 Å². The van der Waals surface area contributed by atoms with Gasteiger partial charge in [-0.3, -0.25) is 4.79 Å². The first-order valence-corrected chi connectivity index (χ1v) is 13.4. The predicted octanol–water partition coefficient (Wildman–Crippen LogP) is 4.67. The lowest BCUT2D eigenvalue weighted by Crippen LogP contribution is -2.38. The highest BCUT2D eigenvalue weighted by Gasteiger charge is 2.41. The van der Waals surface area contributed by atoms with Crippen molar-refractivity contribution in [1.82, 2.24) is 9.97 Å². The van der Waals surface area contributed by atoms with Crippen LogP contribution in [-0.4, -0.2) is 72.6 Å². The molecule has 2 aliphatic heterocycles. The molecule has 2 saturated heterocycles. The molecule has 0 aromatic carbocycles. The topological polar surface area (TPSA) is 97.3 Å². The van der Waals surface area contributed by atoms with E-state index in [4.69, 9.17) is 25.8 Å². The maximum Gasteiger partial charge on any atom is 0.305 e. The Labute approximate surface area is 223 Å². The van der Waals surface area contributed by atoms with Gasteiger partial charge in [0.05, 0.1) is 48.4 Å². The van der Waals surface area contributed by atoms with Gasteiger partial charge < -0.3 is 29.1 Å². The fraction of sp³-hybridized carbons (Fsp3) is 0.593. The Bertz CT molecular complexity index is 1030. The first-order valence-electron chi connectivity index (χ1n) is 13.1. The quantitative estimate of drug-likeness (QED) is 0.414. The van der Waals surface area contributed by atoms with Crippen LogP contribution in [0.25, 0.3) is 0 Å². The van der Waals surface area contributed by atoms with Crippen LogP contribution in [0.2, 0.25) is 5.02 Å². The minimum Gasteiger partial charge on any atom is -0.481 e. The van der Waals surface area contributed by atoms with Crippen LogP contribution in [0.15, 0.2) is 30.6 Å². The Morgan fingerprint density at radius 2 is 1.95 bits per heavy atom. The third kappa shape index (κ3) is 6.76. The number of ether oxygens (including phenoxy) is 3. The lowest BCUT2D eigenvalue weighted by Gasteiger charge is -2.34. The Balaban J connectivity index is 1.35. The predicted molar refractivity (Wildman–Crippen MR) is 143 cm³/mol. The Morgan fingerprint density at radius 1 is 1.19 bits per heavy atom. The number of hydrogen-bond donors (Lipinski definition) is 1. The van der Waals surface area contributed by atoms with E-state index in [1.807, 2.05) is 18.2 Å². The van der Waals surface area contributed by atoms with Crippen molar-refractivity contribution >= 4 is 28.9 Å². The van der Waals surface area contributed by atoms with Gasteiger partial charge in [0, 0.05) is 63.2 Å². The molecule has 2 fully saturated rings. The number of hydrogen-bond acceptors (Lipinski definition) is 8. The molecule has 0 radical (unpaired) electrons. The summed E-state index contributed by atoms with van der Waals surface area (Å²) in [5.74, 6) is 0.423. The van der Waals surface area contributed by atoms with E-state index >= 15 is 0 Å². The number of aromatic nitrogens is 2. The largest absolute Gasteiger partial charge is 0.481 e. The van der Waals surface area contributed by atoms with Crippen molar-refractivity contribution < 1.29 is 24.1 Å². The monoisotopic (exact) mass is 532 g/mol. The second kappa shape index (κ2) is 12.6. The van der Waals surface area contributed by atoms with Crippen LogP contribution in [0.1, 0.15) is 46.0 Å². The molecule has 0 unspecified atom stereocenters. The third-order valence-corrected chi connectivity index (χ3v) is 7.62. The zero-order valence-corrected chi connectivity index (χ0v) is 22.6. The number of carboxylic acid groups (broad SMARTS) is 1. The fourth-order valence-corrected chi connectivity index (χ4v) is 5.37. The molecule has 3 atom stereocenters. The lowest BCUT2D eigenvalue weighted by atomic mass is 9.97. The highest BCUT2D eigenvalue weighted by Crippen LogP contribution is 2.35. The van der Waals surface area contributed by atoms with E-state index in [9.17, 15) is 9.90 Å². The van der Waals surface area contributed by atoms with Crippen molar-refractivity contribution in [2.75, 3.05) is 43.2 Å². The van der Waals surface area contributed by atoms with E-state index in [-0.39, 0.29) is 30.6 Å². The number of piperidine rings is 1. The second-order valence-corrected chi connectivity index (χ2v) is 10.2. The molecule has 0 saturated carbocycles. The molecule has 4 heterocycles. The summed E-state index contributed by atoms with van der Waals surface area (Å²) in [6, 6.07) is 5.57. The van der Waals surface area contributed by atoms with Crippen molar-refractivity contribution in [3.63, 3.8) is 0 Å². The number of aliphatic carboxylic acids is 1. The highest BCUT2D eigenvalue weighted by atomic mass is 35.5. The van der Waals surface area contributed by atoms with Crippen LogP contribution in [0.4, 0.5) is 11.4 Å². The molecule has 2 aromatic heterocycles. The van der Waals surface area contributed by atoms with Gasteiger partial charge in [-0.2, -0.15) is 0 Å². The van der Waals surface area contributed by atoms with Crippen LogP contribution in [0.3, 0.4) is 0 Å². The average Bonchev–Trinajstić information content (AvgIpc) is 3.20. The molecule has 2 aliphatic rings. The number of carbonyl (C=O) groups is 1. The fourth-order valence-electron chi connectivity index (χ4n) is 5.14. The van der Waals surface area contributed by atoms with Gasteiger partial charge in [-0.25, -0.2) is 9.97 Å². The van der Waals surface area contributed by atoms with Crippen molar-refractivity contribution in [3.8, 4) is 11.8 Å². The van der Waals surface area contributed by atoms with Crippen molar-refractivity contribution in [2.45, 2.75) is 64.2 Å². The van der Waals surface area contributed by atoms with E-state index in [1.54, 1.807) is 19.5 Å². The van der Waals surface area contributed by atoms with E-state index in [0.717, 1.165) is 50.1 Å². The molecule has 0 bridgehead atoms. The zero-order chi connectivity index (χ0) is 26.4. The first kappa shape index (κ1) is 27.3.